The minimum atomic E-state index is -0.0106. The number of hydrogen-bond donors (Lipinski definition) is 1. The lowest BCUT2D eigenvalue weighted by Gasteiger charge is -2.25. The van der Waals surface area contributed by atoms with Gasteiger partial charge in [-0.05, 0) is 64.1 Å². The van der Waals surface area contributed by atoms with Crippen LogP contribution >= 0.6 is 11.3 Å². The molecular weight excluding hydrogens is 332 g/mol. The molecule has 1 aromatic heterocycles. The molecule has 5 heteroatoms. The van der Waals surface area contributed by atoms with E-state index in [2.05, 4.69) is 43.1 Å². The first-order valence-corrected chi connectivity index (χ1v) is 9.37. The molecule has 0 bridgehead atoms. The van der Waals surface area contributed by atoms with Crippen LogP contribution < -0.4 is 5.32 Å². The second-order valence-corrected chi connectivity index (χ2v) is 7.88. The zero-order valence-corrected chi connectivity index (χ0v) is 16.2. The predicted octanol–water partition coefficient (Wildman–Crippen LogP) is 4.50. The van der Waals surface area contributed by atoms with Gasteiger partial charge >= 0.3 is 0 Å². The molecule has 25 heavy (non-hydrogen) atoms. The summed E-state index contributed by atoms with van der Waals surface area (Å²) in [4.78, 5) is 28.4. The summed E-state index contributed by atoms with van der Waals surface area (Å²) in [6.07, 6.45) is 0.441. The lowest BCUT2D eigenvalue weighted by atomic mass is 10.1. The van der Waals surface area contributed by atoms with Crippen molar-refractivity contribution in [2.24, 2.45) is 0 Å². The number of hydrogen-bond acceptors (Lipinski definition) is 4. The van der Waals surface area contributed by atoms with E-state index in [9.17, 15) is 9.59 Å². The number of thiophene rings is 1. The highest BCUT2D eigenvalue weighted by Crippen LogP contribution is 2.18. The van der Waals surface area contributed by atoms with Gasteiger partial charge in [0, 0.05) is 46.6 Å². The van der Waals surface area contributed by atoms with Crippen LogP contribution in [-0.4, -0.2) is 29.2 Å². The van der Waals surface area contributed by atoms with Crippen LogP contribution in [0.1, 0.15) is 47.3 Å². The summed E-state index contributed by atoms with van der Waals surface area (Å²) in [6.45, 7) is 9.53. The zero-order valence-electron chi connectivity index (χ0n) is 15.3. The van der Waals surface area contributed by atoms with Gasteiger partial charge in [-0.1, -0.05) is 0 Å². The fourth-order valence-electron chi connectivity index (χ4n) is 2.55. The van der Waals surface area contributed by atoms with Crippen LogP contribution in [0.25, 0.3) is 0 Å². The minimum absolute atomic E-state index is 0.0106. The number of nitrogens with one attached hydrogen (secondary N) is 1. The Hall–Kier alpha value is -1.98. The van der Waals surface area contributed by atoms with Gasteiger partial charge in [-0.3, -0.25) is 14.5 Å². The molecule has 0 saturated carbocycles. The molecule has 0 spiro atoms. The van der Waals surface area contributed by atoms with Gasteiger partial charge in [-0.25, -0.2) is 0 Å². The number of anilines is 1. The molecule has 0 aliphatic rings. The molecular formula is C20H26N2O2S. The number of Topliss-reactive ketones (excluding diaryl/α,β-unsaturated/α-hetero) is 1. The largest absolute Gasteiger partial charge is 0.326 e. The van der Waals surface area contributed by atoms with E-state index in [0.717, 1.165) is 12.2 Å². The lowest BCUT2D eigenvalue weighted by molar-refractivity contribution is -0.116. The van der Waals surface area contributed by atoms with Gasteiger partial charge in [0.05, 0.1) is 0 Å². The summed E-state index contributed by atoms with van der Waals surface area (Å²) in [7, 11) is 0. The fourth-order valence-corrected chi connectivity index (χ4v) is 3.46. The van der Waals surface area contributed by atoms with Gasteiger partial charge in [0.1, 0.15) is 0 Å². The van der Waals surface area contributed by atoms with Crippen LogP contribution in [0.3, 0.4) is 0 Å². The van der Waals surface area contributed by atoms with Crippen molar-refractivity contribution in [2.75, 3.05) is 11.9 Å². The van der Waals surface area contributed by atoms with E-state index >= 15 is 0 Å². The Morgan fingerprint density at radius 2 is 1.80 bits per heavy atom. The van der Waals surface area contributed by atoms with Gasteiger partial charge in [-0.15, -0.1) is 11.3 Å². The van der Waals surface area contributed by atoms with Crippen molar-refractivity contribution in [3.8, 4) is 0 Å². The molecule has 0 aliphatic heterocycles. The summed E-state index contributed by atoms with van der Waals surface area (Å²) in [6, 6.07) is 11.7. The van der Waals surface area contributed by atoms with Crippen molar-refractivity contribution in [2.45, 2.75) is 46.7 Å². The number of ketones is 1. The summed E-state index contributed by atoms with van der Waals surface area (Å²) in [5, 5.41) is 2.90. The minimum Gasteiger partial charge on any atom is -0.326 e. The van der Waals surface area contributed by atoms with E-state index in [1.807, 2.05) is 0 Å². The highest BCUT2D eigenvalue weighted by atomic mass is 32.1. The first-order chi connectivity index (χ1) is 11.8. The van der Waals surface area contributed by atoms with Crippen LogP contribution in [0.5, 0.6) is 0 Å². The van der Waals surface area contributed by atoms with Crippen LogP contribution in [-0.2, 0) is 11.3 Å². The van der Waals surface area contributed by atoms with Crippen molar-refractivity contribution in [3.63, 3.8) is 0 Å². The van der Waals surface area contributed by atoms with Gasteiger partial charge in [0.2, 0.25) is 5.91 Å². The molecule has 1 amide bonds. The molecule has 1 N–H and O–H groups in total. The maximum atomic E-state index is 12.2. The molecule has 134 valence electrons. The number of nitrogens with zero attached hydrogens (tertiary/aromatic N) is 1. The van der Waals surface area contributed by atoms with Crippen LogP contribution in [0.2, 0.25) is 0 Å². The Morgan fingerprint density at radius 1 is 1.12 bits per heavy atom. The molecule has 1 heterocycles. The second-order valence-electron chi connectivity index (χ2n) is 6.51. The standard InChI is InChI=1S/C20H26N2O2S/c1-14(2)22(13-19-10-5-15(3)25-19)12-11-20(24)21-18-8-6-17(7-9-18)16(4)23/h5-10,14H,11-13H2,1-4H3,(H,21,24). The Kier molecular flexibility index (Phi) is 6.91. The van der Waals surface area contributed by atoms with E-state index in [1.165, 1.54) is 16.7 Å². The molecule has 0 saturated heterocycles. The summed E-state index contributed by atoms with van der Waals surface area (Å²) >= 11 is 1.80. The molecule has 0 unspecified atom stereocenters. The maximum absolute atomic E-state index is 12.2. The number of amides is 1. The Bertz CT molecular complexity index is 720. The molecule has 0 atom stereocenters. The summed E-state index contributed by atoms with van der Waals surface area (Å²) in [5.41, 5.74) is 1.37. The molecule has 1 aromatic carbocycles. The summed E-state index contributed by atoms with van der Waals surface area (Å²) in [5.74, 6) is 0.0119. The van der Waals surface area contributed by atoms with E-state index in [-0.39, 0.29) is 11.7 Å². The maximum Gasteiger partial charge on any atom is 0.225 e. The molecule has 0 radical (unpaired) electrons. The average Bonchev–Trinajstić information content (AvgIpc) is 2.96. The quantitative estimate of drug-likeness (QED) is 0.707. The smallest absolute Gasteiger partial charge is 0.225 e. The molecule has 2 rings (SSSR count). The molecule has 2 aromatic rings. The van der Waals surface area contributed by atoms with Crippen LogP contribution in [0.15, 0.2) is 36.4 Å². The van der Waals surface area contributed by atoms with E-state index < -0.39 is 0 Å². The van der Waals surface area contributed by atoms with Gasteiger partial charge in [-0.2, -0.15) is 0 Å². The first kappa shape index (κ1) is 19.3. The number of rotatable bonds is 8. The zero-order chi connectivity index (χ0) is 18.4. The highest BCUT2D eigenvalue weighted by molar-refractivity contribution is 7.11. The van der Waals surface area contributed by atoms with Crippen molar-refractivity contribution < 1.29 is 9.59 Å². The third-order valence-corrected chi connectivity index (χ3v) is 5.07. The Balaban J connectivity index is 1.86. The SMILES string of the molecule is CC(=O)c1ccc(NC(=O)CCN(Cc2ccc(C)s2)C(C)C)cc1. The van der Waals surface area contributed by atoms with Crippen LogP contribution in [0, 0.1) is 6.92 Å². The second kappa shape index (κ2) is 8.92. The van der Waals surface area contributed by atoms with Crippen molar-refractivity contribution in [1.29, 1.82) is 0 Å². The number of benzene rings is 1. The molecule has 4 nitrogen and oxygen atoms in total. The van der Waals surface area contributed by atoms with Crippen molar-refractivity contribution in [3.05, 3.63) is 51.7 Å². The first-order valence-electron chi connectivity index (χ1n) is 8.55. The van der Waals surface area contributed by atoms with Gasteiger partial charge in [0.15, 0.2) is 5.78 Å². The number of carbonyl (C=O) groups is 2. The van der Waals surface area contributed by atoms with Gasteiger partial charge < -0.3 is 5.32 Å². The fraction of sp³-hybridized carbons (Fsp3) is 0.400. The molecule has 0 aliphatic carbocycles. The number of aryl methyl sites for hydroxylation is 1. The van der Waals surface area contributed by atoms with Gasteiger partial charge in [0.25, 0.3) is 0 Å². The van der Waals surface area contributed by atoms with E-state index in [1.54, 1.807) is 35.6 Å². The number of carbonyl (C=O) groups excluding carboxylic acids is 2. The van der Waals surface area contributed by atoms with E-state index in [4.69, 9.17) is 0 Å². The topological polar surface area (TPSA) is 49.4 Å². The van der Waals surface area contributed by atoms with E-state index in [0.29, 0.717) is 24.6 Å². The average molecular weight is 359 g/mol. The Labute approximate surface area is 153 Å². The molecule has 0 fully saturated rings. The normalized spacial score (nSPS) is 11.1. The van der Waals surface area contributed by atoms with Crippen molar-refractivity contribution in [1.82, 2.24) is 4.90 Å². The summed E-state index contributed by atoms with van der Waals surface area (Å²) < 4.78 is 0. The highest BCUT2D eigenvalue weighted by Gasteiger charge is 2.13. The van der Waals surface area contributed by atoms with Crippen LogP contribution in [0.4, 0.5) is 5.69 Å². The van der Waals surface area contributed by atoms with Crippen molar-refractivity contribution >= 4 is 28.7 Å². The third kappa shape index (κ3) is 6.11. The predicted molar refractivity (Wildman–Crippen MR) is 104 cm³/mol. The Morgan fingerprint density at radius 3 is 2.32 bits per heavy atom. The monoisotopic (exact) mass is 358 g/mol. The lowest BCUT2D eigenvalue weighted by Crippen LogP contribution is -2.33. The third-order valence-electron chi connectivity index (χ3n) is 4.09.